The van der Waals surface area contributed by atoms with E-state index in [9.17, 15) is 13.2 Å². The van der Waals surface area contributed by atoms with Crippen LogP contribution in [0.2, 0.25) is 0 Å². The van der Waals surface area contributed by atoms with E-state index in [1.165, 1.54) is 37.8 Å². The number of hydrogen-bond donors (Lipinski definition) is 0. The van der Waals surface area contributed by atoms with Gasteiger partial charge in [0, 0.05) is 51.8 Å². The Morgan fingerprint density at radius 1 is 1.19 bits per heavy atom. The molecule has 0 aliphatic heterocycles. The molecule has 1 saturated carbocycles. The summed E-state index contributed by atoms with van der Waals surface area (Å²) in [5.74, 6) is 0. The molecule has 26 heavy (non-hydrogen) atoms. The average Bonchev–Trinajstić information content (AvgIpc) is 3.21. The van der Waals surface area contributed by atoms with E-state index in [0.29, 0.717) is 12.1 Å². The minimum Gasteiger partial charge on any atom is -0.185 e. The number of hydrogen-bond acceptors (Lipinski definition) is 1. The van der Waals surface area contributed by atoms with Crippen LogP contribution in [-0.4, -0.2) is 16.5 Å². The molecule has 1 fully saturated rings. The van der Waals surface area contributed by atoms with Crippen molar-refractivity contribution in [1.29, 1.82) is 0 Å². The summed E-state index contributed by atoms with van der Waals surface area (Å²) in [5, 5.41) is 0. The number of imidazole rings is 1. The molecule has 3 rings (SSSR count). The number of alkyl halides is 3. The van der Waals surface area contributed by atoms with E-state index in [1.807, 2.05) is 28.6 Å². The molecule has 148 valence electrons. The maximum atomic E-state index is 12.6. The molecule has 1 aromatic heterocycles. The van der Waals surface area contributed by atoms with Crippen molar-refractivity contribution in [2.75, 3.05) is 0 Å². The van der Waals surface area contributed by atoms with Gasteiger partial charge in [0.05, 0.1) is 0 Å². The van der Waals surface area contributed by atoms with Gasteiger partial charge in [0.15, 0.2) is 0 Å². The summed E-state index contributed by atoms with van der Waals surface area (Å²) >= 11 is 6.87. The summed E-state index contributed by atoms with van der Waals surface area (Å²) in [6, 6.07) is 6.29. The van der Waals surface area contributed by atoms with Crippen LogP contribution in [0.5, 0.6) is 0 Å². The third-order valence-electron chi connectivity index (χ3n) is 4.17. The SMILES string of the molecule is Cn1ccn(Cc2cccc(C(F)(F)F)c2)[c]1=[Pt].IN(I)C1CCCC1. The number of rotatable bonds is 3. The van der Waals surface area contributed by atoms with E-state index >= 15 is 0 Å². The van der Waals surface area contributed by atoms with Gasteiger partial charge < -0.3 is 0 Å². The first-order valence-electron chi connectivity index (χ1n) is 8.12. The zero-order chi connectivity index (χ0) is 19.3. The average molecular weight is 772 g/mol. The van der Waals surface area contributed by atoms with Gasteiger partial charge in [0.2, 0.25) is 0 Å². The Hall–Kier alpha value is 0.328. The number of halogens is 5. The molecule has 1 aromatic carbocycles. The van der Waals surface area contributed by atoms with Crippen molar-refractivity contribution in [3.8, 4) is 0 Å². The quantitative estimate of drug-likeness (QED) is 0.280. The summed E-state index contributed by atoms with van der Waals surface area (Å²) < 4.78 is 44.8. The van der Waals surface area contributed by atoms with Crippen LogP contribution in [0.25, 0.3) is 0 Å². The van der Waals surface area contributed by atoms with Crippen LogP contribution in [0.4, 0.5) is 13.2 Å². The Kier molecular flexibility index (Phi) is 8.88. The first kappa shape index (κ1) is 22.6. The molecule has 0 amide bonds. The van der Waals surface area contributed by atoms with Gasteiger partial charge in [-0.2, -0.15) is 1.33 Å². The standard InChI is InChI=1S/C12H11F3N2.C5H9I2N.Pt/c1-16-5-6-17(9-16)8-10-3-2-4-11(7-10)12(13,14)15;6-8(7)5-3-1-2-4-5;/h2-7H,8H2,1H3;5H,1-4H2;. The van der Waals surface area contributed by atoms with E-state index in [2.05, 4.69) is 66.4 Å². The van der Waals surface area contributed by atoms with E-state index in [-0.39, 0.29) is 0 Å². The number of aryl methyl sites for hydroxylation is 1. The predicted octanol–water partition coefficient (Wildman–Crippen LogP) is 5.90. The topological polar surface area (TPSA) is 13.1 Å². The molecule has 0 atom stereocenters. The monoisotopic (exact) mass is 772 g/mol. The van der Waals surface area contributed by atoms with Gasteiger partial charge in [-0.15, -0.1) is 0 Å². The molecule has 0 unspecified atom stereocenters. The van der Waals surface area contributed by atoms with Crippen molar-refractivity contribution in [2.45, 2.75) is 44.4 Å². The Morgan fingerprint density at radius 2 is 1.85 bits per heavy atom. The first-order chi connectivity index (χ1) is 12.2. The smallest absolute Gasteiger partial charge is 0.0311 e. The van der Waals surface area contributed by atoms with Crippen molar-refractivity contribution in [3.63, 3.8) is 0 Å². The van der Waals surface area contributed by atoms with E-state index in [0.717, 1.165) is 15.9 Å². The molecule has 0 spiro atoms. The third-order valence-corrected chi connectivity index (χ3v) is 7.20. The maximum absolute atomic E-state index is 12.6. The molecule has 0 saturated heterocycles. The van der Waals surface area contributed by atoms with Gasteiger partial charge in [-0.25, -0.2) is 0 Å². The second-order valence-corrected chi connectivity index (χ2v) is 11.1. The minimum atomic E-state index is -4.29. The summed E-state index contributed by atoms with van der Waals surface area (Å²) in [6.07, 6.45) is 5.13. The van der Waals surface area contributed by atoms with Gasteiger partial charge in [0.25, 0.3) is 0 Å². The predicted molar refractivity (Wildman–Crippen MR) is 109 cm³/mol. The van der Waals surface area contributed by atoms with Crippen molar-refractivity contribution < 1.29 is 32.5 Å². The Balaban J connectivity index is 0.000000254. The number of aromatic nitrogens is 2. The fourth-order valence-corrected chi connectivity index (χ4v) is 4.38. The number of benzene rings is 1. The fourth-order valence-electron chi connectivity index (χ4n) is 2.75. The minimum absolute atomic E-state index is 0.434. The first-order valence-corrected chi connectivity index (χ1v) is 11.2. The van der Waals surface area contributed by atoms with Gasteiger partial charge in [-0.05, 0) is 12.8 Å². The number of nitrogens with zero attached hydrogens (tertiary/aromatic N) is 3. The summed E-state index contributed by atoms with van der Waals surface area (Å²) in [6.45, 7) is 0.434. The van der Waals surface area contributed by atoms with Crippen molar-refractivity contribution in [2.24, 2.45) is 7.05 Å². The van der Waals surface area contributed by atoms with Crippen molar-refractivity contribution in [1.82, 2.24) is 10.5 Å². The molecule has 3 nitrogen and oxygen atoms in total. The third kappa shape index (κ3) is 6.74. The molecule has 0 radical (unpaired) electrons. The molecule has 1 aliphatic carbocycles. The van der Waals surface area contributed by atoms with Gasteiger partial charge in [-0.1, -0.05) is 12.8 Å². The summed E-state index contributed by atoms with van der Waals surface area (Å²) in [4.78, 5) is 0. The van der Waals surface area contributed by atoms with Gasteiger partial charge in [0.1, 0.15) is 0 Å². The molecular weight excluding hydrogens is 752 g/mol. The van der Waals surface area contributed by atoms with Gasteiger partial charge >= 0.3 is 113 Å². The molecule has 0 bridgehead atoms. The van der Waals surface area contributed by atoms with Crippen molar-refractivity contribution in [3.05, 3.63) is 51.6 Å². The largest absolute Gasteiger partial charge is 0.185 e. The van der Waals surface area contributed by atoms with Crippen LogP contribution in [0.3, 0.4) is 0 Å². The van der Waals surface area contributed by atoms with E-state index in [1.54, 1.807) is 6.07 Å². The second kappa shape index (κ2) is 10.2. The summed E-state index contributed by atoms with van der Waals surface area (Å²) in [7, 11) is 1.89. The maximum Gasteiger partial charge on any atom is 0.0311 e. The Labute approximate surface area is 190 Å². The normalized spacial score (nSPS) is 15.3. The van der Waals surface area contributed by atoms with Crippen LogP contribution < -0.4 is 0 Å². The summed E-state index contributed by atoms with van der Waals surface area (Å²) in [5.41, 5.74) is 0.0334. The van der Waals surface area contributed by atoms with E-state index < -0.39 is 11.7 Å². The van der Waals surface area contributed by atoms with Crippen LogP contribution in [0, 0.1) is 3.80 Å². The van der Waals surface area contributed by atoms with Crippen LogP contribution in [0.15, 0.2) is 36.7 Å². The molecule has 9 heteroatoms. The Bertz CT molecular complexity index is 765. The molecule has 0 N–H and O–H groups in total. The van der Waals surface area contributed by atoms with Crippen LogP contribution >= 0.6 is 45.7 Å². The fraction of sp³-hybridized carbons (Fsp3) is 0.471. The zero-order valence-corrected chi connectivity index (χ0v) is 20.7. The van der Waals surface area contributed by atoms with E-state index in [4.69, 9.17) is 0 Å². The Morgan fingerprint density at radius 3 is 2.31 bits per heavy atom. The van der Waals surface area contributed by atoms with Crippen molar-refractivity contribution >= 4 is 45.7 Å². The second-order valence-electron chi connectivity index (χ2n) is 6.17. The zero-order valence-electron chi connectivity index (χ0n) is 14.1. The van der Waals surface area contributed by atoms with Gasteiger partial charge in [-0.3, -0.25) is 0 Å². The molecule has 2 aromatic rings. The van der Waals surface area contributed by atoms with Crippen LogP contribution in [0.1, 0.15) is 36.8 Å². The van der Waals surface area contributed by atoms with Crippen LogP contribution in [-0.2, 0) is 39.1 Å². The molecular formula is C17H20F3I2N3Pt. The molecule has 1 aliphatic rings. The molecule has 1 heterocycles.